The van der Waals surface area contributed by atoms with E-state index < -0.39 is 16.8 Å². The lowest BCUT2D eigenvalue weighted by Crippen LogP contribution is -2.35. The predicted molar refractivity (Wildman–Crippen MR) is 31.8 cm³/mol. The van der Waals surface area contributed by atoms with Gasteiger partial charge in [0, 0.05) is 6.42 Å². The van der Waals surface area contributed by atoms with Crippen molar-refractivity contribution in [2.45, 2.75) is 31.1 Å². The Morgan fingerprint density at radius 1 is 1.70 bits per heavy atom. The molecule has 0 heterocycles. The van der Waals surface area contributed by atoms with Gasteiger partial charge in [-0.2, -0.15) is 0 Å². The zero-order chi connectivity index (χ0) is 7.78. The topological polar surface area (TPSA) is 83.6 Å². The molecular weight excluding hydrogens is 138 g/mol. The van der Waals surface area contributed by atoms with Gasteiger partial charge in [-0.25, -0.2) is 0 Å². The Labute approximate surface area is 57.4 Å². The van der Waals surface area contributed by atoms with E-state index >= 15 is 0 Å². The van der Waals surface area contributed by atoms with Crippen LogP contribution in [0, 0.1) is 10.1 Å². The molecule has 1 saturated carbocycles. The molecule has 5 nitrogen and oxygen atoms in total. The second kappa shape index (κ2) is 2.17. The van der Waals surface area contributed by atoms with Crippen LogP contribution < -0.4 is 0 Å². The fraction of sp³-hybridized carbons (Fsp3) is 1.00. The van der Waals surface area contributed by atoms with E-state index in [1.165, 1.54) is 0 Å². The van der Waals surface area contributed by atoms with Crippen molar-refractivity contribution >= 4 is 0 Å². The highest BCUT2D eigenvalue weighted by Crippen LogP contribution is 2.29. The molecule has 0 radical (unpaired) electrons. The van der Waals surface area contributed by atoms with Crippen molar-refractivity contribution in [1.29, 1.82) is 0 Å². The van der Waals surface area contributed by atoms with Gasteiger partial charge in [-0.3, -0.25) is 10.1 Å². The molecular formula is C5H9NO4. The highest BCUT2D eigenvalue weighted by molar-refractivity contribution is 4.80. The second-order valence-electron chi connectivity index (χ2n) is 2.64. The molecule has 0 aromatic carbocycles. The molecule has 1 aliphatic carbocycles. The molecule has 2 atom stereocenters. The summed E-state index contributed by atoms with van der Waals surface area (Å²) in [5.74, 6) is 0. The Morgan fingerprint density at radius 2 is 2.30 bits per heavy atom. The normalized spacial score (nSPS) is 40.0. The maximum Gasteiger partial charge on any atom is 0.324 e. The number of aliphatic hydroxyl groups is 2. The number of rotatable bonds is 1. The largest absolute Gasteiger partial charge is 0.393 e. The van der Waals surface area contributed by atoms with Gasteiger partial charge in [-0.1, -0.05) is 0 Å². The number of nitrogens with zero attached hydrogens (tertiary/aromatic N) is 1. The van der Waals surface area contributed by atoms with Crippen LogP contribution in [0.25, 0.3) is 0 Å². The summed E-state index contributed by atoms with van der Waals surface area (Å²) in [6, 6.07) is 0. The van der Waals surface area contributed by atoms with Crippen LogP contribution in [0.2, 0.25) is 0 Å². The molecule has 5 heteroatoms. The summed E-state index contributed by atoms with van der Waals surface area (Å²) in [6.45, 7) is 0. The standard InChI is InChI=1S/C5H9NO4/c7-4-1-2-5(8,3-4)6(9)10/h4,7-8H,1-3H2. The molecule has 0 aliphatic heterocycles. The molecule has 0 saturated heterocycles. The zero-order valence-corrected chi connectivity index (χ0v) is 5.36. The average molecular weight is 147 g/mol. The third-order valence-electron chi connectivity index (χ3n) is 1.78. The first-order valence-corrected chi connectivity index (χ1v) is 3.09. The van der Waals surface area contributed by atoms with Crippen LogP contribution in [-0.2, 0) is 0 Å². The van der Waals surface area contributed by atoms with E-state index in [1.807, 2.05) is 0 Å². The number of aliphatic hydroxyl groups excluding tert-OH is 1. The van der Waals surface area contributed by atoms with E-state index in [2.05, 4.69) is 0 Å². The average Bonchev–Trinajstić information content (AvgIpc) is 2.13. The summed E-state index contributed by atoms with van der Waals surface area (Å²) >= 11 is 0. The summed E-state index contributed by atoms with van der Waals surface area (Å²) in [6.07, 6.45) is -0.478. The van der Waals surface area contributed by atoms with Gasteiger partial charge in [-0.05, 0) is 6.42 Å². The minimum Gasteiger partial charge on any atom is -0.393 e. The molecule has 2 unspecified atom stereocenters. The maximum absolute atomic E-state index is 10.1. The quantitative estimate of drug-likeness (QED) is 0.297. The van der Waals surface area contributed by atoms with Crippen LogP contribution in [0.3, 0.4) is 0 Å². The van der Waals surface area contributed by atoms with Gasteiger partial charge in [0.1, 0.15) is 0 Å². The van der Waals surface area contributed by atoms with E-state index in [4.69, 9.17) is 10.2 Å². The zero-order valence-electron chi connectivity index (χ0n) is 5.36. The lowest BCUT2D eigenvalue weighted by molar-refractivity contribution is -0.623. The van der Waals surface area contributed by atoms with Gasteiger partial charge < -0.3 is 10.2 Å². The predicted octanol–water partition coefficient (Wildman–Crippen LogP) is -0.504. The van der Waals surface area contributed by atoms with Crippen LogP contribution >= 0.6 is 0 Å². The summed E-state index contributed by atoms with van der Waals surface area (Å²) in [4.78, 5) is 9.38. The summed E-state index contributed by atoms with van der Waals surface area (Å²) in [5, 5.41) is 28.0. The van der Waals surface area contributed by atoms with Gasteiger partial charge in [-0.15, -0.1) is 0 Å². The number of hydrogen-bond acceptors (Lipinski definition) is 4. The Kier molecular flexibility index (Phi) is 1.61. The molecule has 0 aromatic heterocycles. The first-order valence-electron chi connectivity index (χ1n) is 3.09. The number of hydrogen-bond donors (Lipinski definition) is 2. The summed E-state index contributed by atoms with van der Waals surface area (Å²) in [5.41, 5.74) is -1.86. The number of nitro groups is 1. The lowest BCUT2D eigenvalue weighted by atomic mass is 10.2. The lowest BCUT2D eigenvalue weighted by Gasteiger charge is -2.10. The second-order valence-corrected chi connectivity index (χ2v) is 2.64. The van der Waals surface area contributed by atoms with Crippen molar-refractivity contribution < 1.29 is 15.1 Å². The Bertz CT molecular complexity index is 160. The van der Waals surface area contributed by atoms with Gasteiger partial charge >= 0.3 is 5.72 Å². The highest BCUT2D eigenvalue weighted by Gasteiger charge is 2.47. The smallest absolute Gasteiger partial charge is 0.324 e. The molecule has 1 aliphatic rings. The molecule has 10 heavy (non-hydrogen) atoms. The Hall–Kier alpha value is -0.680. The summed E-state index contributed by atoms with van der Waals surface area (Å²) < 4.78 is 0. The van der Waals surface area contributed by atoms with Crippen molar-refractivity contribution in [2.24, 2.45) is 0 Å². The van der Waals surface area contributed by atoms with Crippen molar-refractivity contribution in [2.75, 3.05) is 0 Å². The van der Waals surface area contributed by atoms with E-state index in [-0.39, 0.29) is 12.8 Å². The van der Waals surface area contributed by atoms with Crippen molar-refractivity contribution in [3.05, 3.63) is 10.1 Å². The molecule has 2 N–H and O–H groups in total. The van der Waals surface area contributed by atoms with Gasteiger partial charge in [0.25, 0.3) is 0 Å². The molecule has 0 spiro atoms. The monoisotopic (exact) mass is 147 g/mol. The molecule has 0 amide bonds. The third kappa shape index (κ3) is 1.10. The summed E-state index contributed by atoms with van der Waals surface area (Å²) in [7, 11) is 0. The minimum absolute atomic E-state index is 0.0567. The van der Waals surface area contributed by atoms with E-state index in [0.29, 0.717) is 6.42 Å². The van der Waals surface area contributed by atoms with Crippen molar-refractivity contribution in [1.82, 2.24) is 0 Å². The molecule has 1 rings (SSSR count). The fourth-order valence-electron chi connectivity index (χ4n) is 1.15. The van der Waals surface area contributed by atoms with Crippen molar-refractivity contribution in [3.8, 4) is 0 Å². The van der Waals surface area contributed by atoms with Gasteiger partial charge in [0.15, 0.2) is 0 Å². The van der Waals surface area contributed by atoms with Crippen LogP contribution in [0.5, 0.6) is 0 Å². The molecule has 1 fully saturated rings. The van der Waals surface area contributed by atoms with Crippen molar-refractivity contribution in [3.63, 3.8) is 0 Å². The highest BCUT2D eigenvalue weighted by atomic mass is 16.7. The molecule has 0 bridgehead atoms. The van der Waals surface area contributed by atoms with Crippen LogP contribution in [0.4, 0.5) is 0 Å². The fourth-order valence-corrected chi connectivity index (χ4v) is 1.15. The first-order chi connectivity index (χ1) is 4.54. The van der Waals surface area contributed by atoms with Crippen LogP contribution in [0.1, 0.15) is 19.3 Å². The first kappa shape index (κ1) is 7.43. The van der Waals surface area contributed by atoms with Crippen LogP contribution in [0.15, 0.2) is 0 Å². The van der Waals surface area contributed by atoms with Gasteiger partial charge in [0.2, 0.25) is 0 Å². The van der Waals surface area contributed by atoms with E-state index in [0.717, 1.165) is 0 Å². The van der Waals surface area contributed by atoms with Crippen LogP contribution in [-0.4, -0.2) is 27.0 Å². The molecule has 58 valence electrons. The maximum atomic E-state index is 10.1. The Morgan fingerprint density at radius 3 is 2.50 bits per heavy atom. The van der Waals surface area contributed by atoms with Gasteiger partial charge in [0.05, 0.1) is 17.4 Å². The third-order valence-corrected chi connectivity index (χ3v) is 1.78. The van der Waals surface area contributed by atoms with E-state index in [9.17, 15) is 10.1 Å². The SMILES string of the molecule is O=[N+]([O-])C1(O)CCC(O)C1. The molecule has 0 aromatic rings. The Balaban J connectivity index is 2.63. The van der Waals surface area contributed by atoms with E-state index in [1.54, 1.807) is 0 Å². The minimum atomic E-state index is -1.86.